The summed E-state index contributed by atoms with van der Waals surface area (Å²) in [5.41, 5.74) is 1.73. The lowest BCUT2D eigenvalue weighted by Crippen LogP contribution is -2.31. The summed E-state index contributed by atoms with van der Waals surface area (Å²) in [6, 6.07) is 0.308. The Balaban J connectivity index is 2.31. The van der Waals surface area contributed by atoms with Crippen LogP contribution in [0.15, 0.2) is 12.7 Å². The van der Waals surface area contributed by atoms with Crippen molar-refractivity contribution in [2.45, 2.75) is 33.7 Å². The summed E-state index contributed by atoms with van der Waals surface area (Å²) in [6.07, 6.45) is 3.17. The largest absolute Gasteiger partial charge is 0.365 e. The molecule has 2 aromatic heterocycles. The molecule has 0 saturated heterocycles. The van der Waals surface area contributed by atoms with E-state index in [0.717, 1.165) is 17.0 Å². The van der Waals surface area contributed by atoms with Crippen LogP contribution in [0.1, 0.15) is 27.7 Å². The number of imidazole rings is 1. The molecule has 5 heteroatoms. The molecule has 86 valence electrons. The topological polar surface area (TPSA) is 66.5 Å². The normalized spacial score (nSPS) is 14.0. The molecule has 1 unspecified atom stereocenters. The molecule has 0 aliphatic heterocycles. The second kappa shape index (κ2) is 3.73. The third kappa shape index (κ3) is 1.98. The zero-order valence-corrected chi connectivity index (χ0v) is 10.1. The van der Waals surface area contributed by atoms with Crippen LogP contribution in [0.2, 0.25) is 0 Å². The first-order valence-electron chi connectivity index (χ1n) is 5.39. The number of fused-ring (bicyclic) bond motifs is 1. The van der Waals surface area contributed by atoms with E-state index in [2.05, 4.69) is 52.9 Å². The number of nitrogens with one attached hydrogen (secondary N) is 2. The molecule has 0 aliphatic carbocycles. The minimum atomic E-state index is 0.174. The van der Waals surface area contributed by atoms with Gasteiger partial charge in [-0.3, -0.25) is 0 Å². The fourth-order valence-electron chi connectivity index (χ4n) is 1.29. The fraction of sp³-hybridized carbons (Fsp3) is 0.545. The van der Waals surface area contributed by atoms with Gasteiger partial charge in [0.25, 0.3) is 0 Å². The molecule has 0 saturated carbocycles. The van der Waals surface area contributed by atoms with Crippen LogP contribution in [-0.2, 0) is 0 Å². The maximum absolute atomic E-state index is 4.23. The van der Waals surface area contributed by atoms with Gasteiger partial charge in [-0.2, -0.15) is 0 Å². The van der Waals surface area contributed by atoms with Gasteiger partial charge in [-0.25, -0.2) is 15.0 Å². The lowest BCUT2D eigenvalue weighted by atomic mass is 9.88. The van der Waals surface area contributed by atoms with Gasteiger partial charge in [0.1, 0.15) is 11.8 Å². The van der Waals surface area contributed by atoms with Crippen LogP contribution in [0.3, 0.4) is 0 Å². The van der Waals surface area contributed by atoms with E-state index >= 15 is 0 Å². The van der Waals surface area contributed by atoms with Crippen molar-refractivity contribution < 1.29 is 0 Å². The highest BCUT2D eigenvalue weighted by atomic mass is 15.1. The second-order valence-corrected chi connectivity index (χ2v) is 5.05. The Kier molecular flexibility index (Phi) is 2.53. The van der Waals surface area contributed by atoms with Crippen molar-refractivity contribution >= 4 is 17.0 Å². The van der Waals surface area contributed by atoms with Gasteiger partial charge in [-0.15, -0.1) is 0 Å². The predicted molar refractivity (Wildman–Crippen MR) is 64.2 cm³/mol. The first kappa shape index (κ1) is 10.9. The third-order valence-electron chi connectivity index (χ3n) is 2.87. The fourth-order valence-corrected chi connectivity index (χ4v) is 1.29. The lowest BCUT2D eigenvalue weighted by molar-refractivity contribution is 0.359. The highest BCUT2D eigenvalue weighted by molar-refractivity contribution is 5.82. The summed E-state index contributed by atoms with van der Waals surface area (Å²) in [5, 5.41) is 3.38. The zero-order valence-electron chi connectivity index (χ0n) is 10.1. The maximum atomic E-state index is 4.23. The standard InChI is InChI=1S/C11H17N5/c1-7(11(2,3)4)16-10-8-9(13-5-12-8)14-6-15-10/h5-7H,1-4H3,(H2,12,13,14,15,16). The summed E-state index contributed by atoms with van der Waals surface area (Å²) < 4.78 is 0. The van der Waals surface area contributed by atoms with E-state index in [1.54, 1.807) is 6.33 Å². The maximum Gasteiger partial charge on any atom is 0.162 e. The van der Waals surface area contributed by atoms with Crippen molar-refractivity contribution in [1.82, 2.24) is 19.9 Å². The Bertz CT molecular complexity index is 482. The molecule has 0 fully saturated rings. The van der Waals surface area contributed by atoms with E-state index in [1.165, 1.54) is 6.33 Å². The molecule has 1 atom stereocenters. The van der Waals surface area contributed by atoms with Gasteiger partial charge in [0.15, 0.2) is 11.5 Å². The Morgan fingerprint density at radius 1 is 1.25 bits per heavy atom. The smallest absolute Gasteiger partial charge is 0.162 e. The van der Waals surface area contributed by atoms with Gasteiger partial charge >= 0.3 is 0 Å². The summed E-state index contributed by atoms with van der Waals surface area (Å²) in [7, 11) is 0. The Labute approximate surface area is 94.7 Å². The van der Waals surface area contributed by atoms with Crippen molar-refractivity contribution in [3.05, 3.63) is 12.7 Å². The molecule has 0 radical (unpaired) electrons. The SMILES string of the molecule is CC(Nc1ncnc2[nH]cnc12)C(C)(C)C. The van der Waals surface area contributed by atoms with Crippen molar-refractivity contribution in [2.24, 2.45) is 5.41 Å². The van der Waals surface area contributed by atoms with Crippen LogP contribution in [0.5, 0.6) is 0 Å². The average molecular weight is 219 g/mol. The summed E-state index contributed by atoms with van der Waals surface area (Å²) in [5.74, 6) is 0.786. The van der Waals surface area contributed by atoms with E-state index in [-0.39, 0.29) is 5.41 Å². The van der Waals surface area contributed by atoms with E-state index in [9.17, 15) is 0 Å². The number of nitrogens with zero attached hydrogens (tertiary/aromatic N) is 3. The first-order chi connectivity index (χ1) is 7.48. The van der Waals surface area contributed by atoms with Crippen molar-refractivity contribution in [1.29, 1.82) is 0 Å². The van der Waals surface area contributed by atoms with Gasteiger partial charge < -0.3 is 10.3 Å². The summed E-state index contributed by atoms with van der Waals surface area (Å²) in [6.45, 7) is 8.70. The number of H-pyrrole nitrogens is 1. The summed E-state index contributed by atoms with van der Waals surface area (Å²) in [4.78, 5) is 15.5. The molecule has 0 aliphatic rings. The molecule has 0 bridgehead atoms. The van der Waals surface area contributed by atoms with Gasteiger partial charge in [0, 0.05) is 6.04 Å². The van der Waals surface area contributed by atoms with Gasteiger partial charge in [-0.1, -0.05) is 20.8 Å². The number of hydrogen-bond donors (Lipinski definition) is 2. The monoisotopic (exact) mass is 219 g/mol. The van der Waals surface area contributed by atoms with Gasteiger partial charge in [-0.05, 0) is 12.3 Å². The molecular weight excluding hydrogens is 202 g/mol. The Morgan fingerprint density at radius 3 is 2.69 bits per heavy atom. The van der Waals surface area contributed by atoms with Crippen molar-refractivity contribution in [3.8, 4) is 0 Å². The molecular formula is C11H17N5. The van der Waals surface area contributed by atoms with Crippen LogP contribution in [0, 0.1) is 5.41 Å². The number of aromatic nitrogens is 4. The summed E-state index contributed by atoms with van der Waals surface area (Å²) >= 11 is 0. The van der Waals surface area contributed by atoms with E-state index in [1.807, 2.05) is 0 Å². The van der Waals surface area contributed by atoms with E-state index in [4.69, 9.17) is 0 Å². The molecule has 16 heavy (non-hydrogen) atoms. The molecule has 2 heterocycles. The van der Waals surface area contributed by atoms with Gasteiger partial charge in [0.2, 0.25) is 0 Å². The zero-order chi connectivity index (χ0) is 11.8. The van der Waals surface area contributed by atoms with Crippen LogP contribution >= 0.6 is 0 Å². The quantitative estimate of drug-likeness (QED) is 0.812. The molecule has 2 rings (SSSR count). The van der Waals surface area contributed by atoms with Gasteiger partial charge in [0.05, 0.1) is 6.33 Å². The minimum Gasteiger partial charge on any atom is -0.365 e. The predicted octanol–water partition coefficient (Wildman–Crippen LogP) is 2.20. The number of anilines is 1. The molecule has 2 aromatic rings. The molecule has 5 nitrogen and oxygen atoms in total. The van der Waals surface area contributed by atoms with Crippen molar-refractivity contribution in [3.63, 3.8) is 0 Å². The third-order valence-corrected chi connectivity index (χ3v) is 2.87. The van der Waals surface area contributed by atoms with Crippen molar-refractivity contribution in [2.75, 3.05) is 5.32 Å². The highest BCUT2D eigenvalue weighted by Gasteiger charge is 2.21. The average Bonchev–Trinajstić information content (AvgIpc) is 2.65. The van der Waals surface area contributed by atoms with Crippen LogP contribution in [0.25, 0.3) is 11.2 Å². The Morgan fingerprint density at radius 2 is 2.00 bits per heavy atom. The minimum absolute atomic E-state index is 0.174. The first-order valence-corrected chi connectivity index (χ1v) is 5.39. The van der Waals surface area contributed by atoms with E-state index < -0.39 is 0 Å². The lowest BCUT2D eigenvalue weighted by Gasteiger charge is -2.28. The Hall–Kier alpha value is -1.65. The van der Waals surface area contributed by atoms with Crippen LogP contribution in [-0.4, -0.2) is 26.0 Å². The molecule has 0 aromatic carbocycles. The number of hydrogen-bond acceptors (Lipinski definition) is 4. The highest BCUT2D eigenvalue weighted by Crippen LogP contribution is 2.24. The second-order valence-electron chi connectivity index (χ2n) is 5.05. The van der Waals surface area contributed by atoms with E-state index in [0.29, 0.717) is 6.04 Å². The number of aromatic amines is 1. The number of rotatable bonds is 2. The molecule has 2 N–H and O–H groups in total. The molecule has 0 amide bonds. The van der Waals surface area contributed by atoms with Crippen LogP contribution in [0.4, 0.5) is 5.82 Å². The van der Waals surface area contributed by atoms with Crippen LogP contribution < -0.4 is 5.32 Å². The molecule has 0 spiro atoms.